The van der Waals surface area contributed by atoms with Gasteiger partial charge in [0.15, 0.2) is 5.75 Å². The molecule has 3 rings (SSSR count). The van der Waals surface area contributed by atoms with Gasteiger partial charge in [-0.3, -0.25) is 9.59 Å². The molecular formula is C20H20N2O5. The second-order valence-electron chi connectivity index (χ2n) is 6.34. The Balaban J connectivity index is 1.67. The van der Waals surface area contributed by atoms with Gasteiger partial charge in [-0.25, -0.2) is 4.79 Å². The maximum Gasteiger partial charge on any atom is 0.341 e. The van der Waals surface area contributed by atoms with Crippen LogP contribution in [0.5, 0.6) is 5.75 Å². The summed E-state index contributed by atoms with van der Waals surface area (Å²) in [5.41, 5.74) is 1.07. The van der Waals surface area contributed by atoms with Crippen molar-refractivity contribution in [3.8, 4) is 5.75 Å². The van der Waals surface area contributed by atoms with Crippen LogP contribution in [-0.4, -0.2) is 41.4 Å². The Labute approximate surface area is 156 Å². The smallest absolute Gasteiger partial charge is 0.341 e. The van der Waals surface area contributed by atoms with E-state index < -0.39 is 11.9 Å². The first-order valence-corrected chi connectivity index (χ1v) is 8.52. The van der Waals surface area contributed by atoms with Gasteiger partial charge in [0.1, 0.15) is 5.56 Å². The van der Waals surface area contributed by atoms with Crippen molar-refractivity contribution in [1.82, 2.24) is 4.90 Å². The monoisotopic (exact) mass is 368 g/mol. The van der Waals surface area contributed by atoms with E-state index in [2.05, 4.69) is 10.1 Å². The Hall–Kier alpha value is -3.35. The van der Waals surface area contributed by atoms with Crippen molar-refractivity contribution >= 4 is 23.5 Å². The van der Waals surface area contributed by atoms with Crippen LogP contribution in [-0.2, 0) is 20.9 Å². The normalized spacial score (nSPS) is 16.3. The molecule has 140 valence electrons. The van der Waals surface area contributed by atoms with E-state index in [0.717, 1.165) is 5.56 Å². The van der Waals surface area contributed by atoms with E-state index >= 15 is 0 Å². The first kappa shape index (κ1) is 18.4. The van der Waals surface area contributed by atoms with Gasteiger partial charge >= 0.3 is 5.97 Å². The topological polar surface area (TPSA) is 95.9 Å². The molecule has 7 nitrogen and oxygen atoms in total. The van der Waals surface area contributed by atoms with Crippen LogP contribution in [0.4, 0.5) is 5.69 Å². The standard InChI is InChI=1S/C20H20N2O5/c1-27-20(26)15-8-5-9-16(18(15)24)21-19(25)14-10-17(23)22(12-14)11-13-6-3-2-4-7-13/h2-9,14,24H,10-12H2,1H3,(H,21,25). The van der Waals surface area contributed by atoms with Crippen molar-refractivity contribution in [2.24, 2.45) is 5.92 Å². The molecule has 1 aliphatic rings. The average Bonchev–Trinajstić information content (AvgIpc) is 3.04. The molecule has 2 N–H and O–H groups in total. The largest absolute Gasteiger partial charge is 0.505 e. The summed E-state index contributed by atoms with van der Waals surface area (Å²) >= 11 is 0. The fourth-order valence-corrected chi connectivity index (χ4v) is 3.06. The van der Waals surface area contributed by atoms with Crippen molar-refractivity contribution in [2.75, 3.05) is 19.0 Å². The number of aromatic hydroxyl groups is 1. The molecule has 1 aliphatic heterocycles. The molecule has 0 bridgehead atoms. The molecule has 0 aliphatic carbocycles. The highest BCUT2D eigenvalue weighted by atomic mass is 16.5. The number of esters is 1. The van der Waals surface area contributed by atoms with Crippen LogP contribution in [0.3, 0.4) is 0 Å². The number of carbonyl (C=O) groups excluding carboxylic acids is 3. The van der Waals surface area contributed by atoms with Gasteiger partial charge in [-0.05, 0) is 17.7 Å². The van der Waals surface area contributed by atoms with Crippen molar-refractivity contribution in [1.29, 1.82) is 0 Å². The van der Waals surface area contributed by atoms with Crippen LogP contribution in [0.25, 0.3) is 0 Å². The molecule has 0 aromatic heterocycles. The molecule has 1 atom stereocenters. The number of hydrogen-bond donors (Lipinski definition) is 2. The molecule has 2 aromatic rings. The van der Waals surface area contributed by atoms with Gasteiger partial charge in [0.2, 0.25) is 11.8 Å². The van der Waals surface area contributed by atoms with E-state index in [0.29, 0.717) is 13.1 Å². The number of ether oxygens (including phenoxy) is 1. The van der Waals surface area contributed by atoms with Crippen molar-refractivity contribution in [3.05, 3.63) is 59.7 Å². The predicted octanol–water partition coefficient (Wildman–Crippen LogP) is 2.17. The molecular weight excluding hydrogens is 348 g/mol. The third-order valence-corrected chi connectivity index (χ3v) is 4.50. The molecule has 1 unspecified atom stereocenters. The number of anilines is 1. The molecule has 1 saturated heterocycles. The molecule has 1 fully saturated rings. The van der Waals surface area contributed by atoms with Gasteiger partial charge in [-0.2, -0.15) is 0 Å². The number of nitrogens with zero attached hydrogens (tertiary/aromatic N) is 1. The molecule has 0 saturated carbocycles. The minimum atomic E-state index is -0.700. The average molecular weight is 368 g/mol. The lowest BCUT2D eigenvalue weighted by molar-refractivity contribution is -0.128. The number of nitrogens with one attached hydrogen (secondary N) is 1. The Morgan fingerprint density at radius 1 is 1.19 bits per heavy atom. The molecule has 0 spiro atoms. The number of amides is 2. The van der Waals surface area contributed by atoms with Crippen LogP contribution < -0.4 is 5.32 Å². The quantitative estimate of drug-likeness (QED) is 0.623. The lowest BCUT2D eigenvalue weighted by Crippen LogP contribution is -2.28. The number of phenols is 1. The lowest BCUT2D eigenvalue weighted by atomic mass is 10.1. The summed E-state index contributed by atoms with van der Waals surface area (Å²) in [6.07, 6.45) is 0.107. The second kappa shape index (κ2) is 7.90. The summed E-state index contributed by atoms with van der Waals surface area (Å²) in [5.74, 6) is -2.05. The van der Waals surface area contributed by atoms with Crippen LogP contribution in [0.15, 0.2) is 48.5 Å². The number of para-hydroxylation sites is 1. The predicted molar refractivity (Wildman–Crippen MR) is 98.0 cm³/mol. The minimum absolute atomic E-state index is 0.0384. The Bertz CT molecular complexity index is 866. The summed E-state index contributed by atoms with van der Waals surface area (Å²) in [6, 6.07) is 14.0. The molecule has 27 heavy (non-hydrogen) atoms. The number of rotatable bonds is 5. The van der Waals surface area contributed by atoms with Gasteiger partial charge < -0.3 is 20.1 Å². The maximum absolute atomic E-state index is 12.5. The van der Waals surface area contributed by atoms with Crippen LogP contribution in [0.1, 0.15) is 22.3 Å². The summed E-state index contributed by atoms with van der Waals surface area (Å²) in [4.78, 5) is 38.1. The minimum Gasteiger partial charge on any atom is -0.505 e. The Morgan fingerprint density at radius 2 is 1.93 bits per heavy atom. The number of methoxy groups -OCH3 is 1. The first-order valence-electron chi connectivity index (χ1n) is 8.52. The zero-order valence-corrected chi connectivity index (χ0v) is 14.8. The SMILES string of the molecule is COC(=O)c1cccc(NC(=O)C2CC(=O)N(Cc3ccccc3)C2)c1O. The van der Waals surface area contributed by atoms with E-state index in [-0.39, 0.29) is 35.2 Å². The number of hydrogen-bond acceptors (Lipinski definition) is 5. The number of benzene rings is 2. The van der Waals surface area contributed by atoms with E-state index in [1.54, 1.807) is 4.90 Å². The molecule has 7 heteroatoms. The zero-order valence-electron chi connectivity index (χ0n) is 14.8. The fourth-order valence-electron chi connectivity index (χ4n) is 3.06. The highest BCUT2D eigenvalue weighted by Crippen LogP contribution is 2.29. The summed E-state index contributed by atoms with van der Waals surface area (Å²) in [7, 11) is 1.21. The van der Waals surface area contributed by atoms with Gasteiger partial charge in [-0.1, -0.05) is 36.4 Å². The fraction of sp³-hybridized carbons (Fsp3) is 0.250. The molecule has 1 heterocycles. The summed E-state index contributed by atoms with van der Waals surface area (Å²) in [5, 5.41) is 12.8. The van der Waals surface area contributed by atoms with Gasteiger partial charge in [0.05, 0.1) is 18.7 Å². The van der Waals surface area contributed by atoms with E-state index in [1.807, 2.05) is 30.3 Å². The second-order valence-corrected chi connectivity index (χ2v) is 6.34. The molecule has 2 amide bonds. The van der Waals surface area contributed by atoms with Crippen LogP contribution >= 0.6 is 0 Å². The summed E-state index contributed by atoms with van der Waals surface area (Å²) in [6.45, 7) is 0.754. The number of phenolic OH excluding ortho intramolecular Hbond substituents is 1. The van der Waals surface area contributed by atoms with Crippen molar-refractivity contribution in [2.45, 2.75) is 13.0 Å². The van der Waals surface area contributed by atoms with E-state index in [4.69, 9.17) is 0 Å². The highest BCUT2D eigenvalue weighted by molar-refractivity contribution is 6.01. The lowest BCUT2D eigenvalue weighted by Gasteiger charge is -2.17. The Kier molecular flexibility index (Phi) is 5.40. The van der Waals surface area contributed by atoms with Gasteiger partial charge in [0.25, 0.3) is 0 Å². The van der Waals surface area contributed by atoms with Gasteiger partial charge in [0, 0.05) is 19.5 Å². The zero-order chi connectivity index (χ0) is 19.4. The van der Waals surface area contributed by atoms with E-state index in [1.165, 1.54) is 25.3 Å². The van der Waals surface area contributed by atoms with E-state index in [9.17, 15) is 19.5 Å². The highest BCUT2D eigenvalue weighted by Gasteiger charge is 2.34. The maximum atomic E-state index is 12.5. The van der Waals surface area contributed by atoms with Crippen LogP contribution in [0, 0.1) is 5.92 Å². The number of likely N-dealkylation sites (tertiary alicyclic amines) is 1. The molecule has 0 radical (unpaired) electrons. The third kappa shape index (κ3) is 4.08. The number of carbonyl (C=O) groups is 3. The van der Waals surface area contributed by atoms with Crippen molar-refractivity contribution < 1.29 is 24.2 Å². The van der Waals surface area contributed by atoms with Crippen molar-refractivity contribution in [3.63, 3.8) is 0 Å². The molecule has 2 aromatic carbocycles. The third-order valence-electron chi connectivity index (χ3n) is 4.50. The van der Waals surface area contributed by atoms with Crippen LogP contribution in [0.2, 0.25) is 0 Å². The summed E-state index contributed by atoms with van der Waals surface area (Å²) < 4.78 is 4.60. The Morgan fingerprint density at radius 3 is 2.63 bits per heavy atom. The van der Waals surface area contributed by atoms with Gasteiger partial charge in [-0.15, -0.1) is 0 Å². The first-order chi connectivity index (χ1) is 13.0.